The molecule has 0 amide bonds. The van der Waals surface area contributed by atoms with Crippen molar-refractivity contribution in [1.29, 1.82) is 0 Å². The number of ether oxygens (including phenoxy) is 1. The molecule has 0 aliphatic carbocycles. The van der Waals surface area contributed by atoms with Crippen LogP contribution in [-0.2, 0) is 11.3 Å². The first-order valence-corrected chi connectivity index (χ1v) is 9.25. The van der Waals surface area contributed by atoms with Crippen molar-refractivity contribution in [3.8, 4) is 0 Å². The van der Waals surface area contributed by atoms with Crippen LogP contribution in [0.2, 0.25) is 0 Å². The van der Waals surface area contributed by atoms with Crippen molar-refractivity contribution in [2.75, 3.05) is 18.0 Å². The molecule has 1 aliphatic heterocycles. The number of nitro benzene ring substituents is 1. The minimum absolute atomic E-state index is 0.0485. The largest absolute Gasteiger partial charge is 0.457 e. The lowest BCUT2D eigenvalue weighted by Gasteiger charge is -2.17. The summed E-state index contributed by atoms with van der Waals surface area (Å²) in [7, 11) is 0. The molecule has 6 heteroatoms. The van der Waals surface area contributed by atoms with Crippen LogP contribution >= 0.6 is 0 Å². The third-order valence-corrected chi connectivity index (χ3v) is 4.87. The summed E-state index contributed by atoms with van der Waals surface area (Å²) in [6.45, 7) is 5.98. The molecule has 0 aromatic heterocycles. The SMILES string of the molecule is CC(C)c1ccc(COC(=O)c2ccc(N3CCCC3)c([N+](=O)[O-])c2)cc1. The van der Waals surface area contributed by atoms with Crippen molar-refractivity contribution in [3.63, 3.8) is 0 Å². The zero-order valence-corrected chi connectivity index (χ0v) is 15.7. The second-order valence-electron chi connectivity index (χ2n) is 7.13. The Hall–Kier alpha value is -2.89. The van der Waals surface area contributed by atoms with Gasteiger partial charge in [0.05, 0.1) is 10.5 Å². The summed E-state index contributed by atoms with van der Waals surface area (Å²) in [4.78, 5) is 25.3. The molecule has 142 valence electrons. The highest BCUT2D eigenvalue weighted by Crippen LogP contribution is 2.32. The van der Waals surface area contributed by atoms with Crippen LogP contribution in [-0.4, -0.2) is 24.0 Å². The molecule has 0 unspecified atom stereocenters. The van der Waals surface area contributed by atoms with Gasteiger partial charge in [0.2, 0.25) is 0 Å². The first-order valence-electron chi connectivity index (χ1n) is 9.25. The normalized spacial score (nSPS) is 13.8. The maximum absolute atomic E-state index is 12.3. The summed E-state index contributed by atoms with van der Waals surface area (Å²) in [5.41, 5.74) is 2.82. The number of benzene rings is 2. The van der Waals surface area contributed by atoms with E-state index in [0.717, 1.165) is 31.5 Å². The Morgan fingerprint density at radius 2 is 1.81 bits per heavy atom. The van der Waals surface area contributed by atoms with E-state index in [9.17, 15) is 14.9 Å². The summed E-state index contributed by atoms with van der Waals surface area (Å²) in [5, 5.41) is 11.4. The van der Waals surface area contributed by atoms with Crippen molar-refractivity contribution < 1.29 is 14.5 Å². The number of anilines is 1. The van der Waals surface area contributed by atoms with Gasteiger partial charge in [-0.1, -0.05) is 38.1 Å². The van der Waals surface area contributed by atoms with Gasteiger partial charge in [0.1, 0.15) is 12.3 Å². The number of carbonyl (C=O) groups is 1. The molecule has 0 bridgehead atoms. The molecule has 1 saturated heterocycles. The molecule has 6 nitrogen and oxygen atoms in total. The number of rotatable bonds is 6. The minimum Gasteiger partial charge on any atom is -0.457 e. The predicted molar refractivity (Wildman–Crippen MR) is 104 cm³/mol. The lowest BCUT2D eigenvalue weighted by Crippen LogP contribution is -2.19. The van der Waals surface area contributed by atoms with E-state index in [2.05, 4.69) is 13.8 Å². The number of hydrogen-bond acceptors (Lipinski definition) is 5. The van der Waals surface area contributed by atoms with E-state index in [1.165, 1.54) is 11.6 Å². The maximum Gasteiger partial charge on any atom is 0.338 e. The summed E-state index contributed by atoms with van der Waals surface area (Å²) >= 11 is 0. The minimum atomic E-state index is -0.556. The van der Waals surface area contributed by atoms with Gasteiger partial charge in [-0.05, 0) is 42.0 Å². The van der Waals surface area contributed by atoms with Crippen LogP contribution in [0.25, 0.3) is 0 Å². The van der Waals surface area contributed by atoms with Crippen molar-refractivity contribution in [3.05, 3.63) is 69.3 Å². The quantitative estimate of drug-likeness (QED) is 0.421. The zero-order valence-electron chi connectivity index (χ0n) is 15.7. The topological polar surface area (TPSA) is 72.7 Å². The maximum atomic E-state index is 12.3. The third-order valence-electron chi connectivity index (χ3n) is 4.87. The van der Waals surface area contributed by atoms with E-state index in [4.69, 9.17) is 4.74 Å². The van der Waals surface area contributed by atoms with Crippen molar-refractivity contribution in [1.82, 2.24) is 0 Å². The molecule has 1 fully saturated rings. The molecule has 1 heterocycles. The zero-order chi connectivity index (χ0) is 19.4. The number of esters is 1. The van der Waals surface area contributed by atoms with Gasteiger partial charge >= 0.3 is 5.97 Å². The van der Waals surface area contributed by atoms with Gasteiger partial charge in [-0.25, -0.2) is 4.79 Å². The van der Waals surface area contributed by atoms with E-state index >= 15 is 0 Å². The van der Waals surface area contributed by atoms with E-state index < -0.39 is 10.9 Å². The Labute approximate surface area is 158 Å². The Bertz CT molecular complexity index is 825. The molecule has 0 N–H and O–H groups in total. The van der Waals surface area contributed by atoms with Crippen molar-refractivity contribution in [2.45, 2.75) is 39.2 Å². The lowest BCUT2D eigenvalue weighted by molar-refractivity contribution is -0.384. The molecular formula is C21H24N2O4. The molecule has 2 aromatic carbocycles. The Morgan fingerprint density at radius 1 is 1.15 bits per heavy atom. The molecular weight excluding hydrogens is 344 g/mol. The second kappa shape index (κ2) is 8.20. The van der Waals surface area contributed by atoms with Gasteiger partial charge in [0, 0.05) is 19.2 Å². The number of hydrogen-bond donors (Lipinski definition) is 0. The fourth-order valence-corrected chi connectivity index (χ4v) is 3.25. The summed E-state index contributed by atoms with van der Waals surface area (Å²) in [6.07, 6.45) is 2.05. The van der Waals surface area contributed by atoms with Crippen LogP contribution in [0.1, 0.15) is 54.1 Å². The monoisotopic (exact) mass is 368 g/mol. The highest BCUT2D eigenvalue weighted by atomic mass is 16.6. The number of carbonyl (C=O) groups excluding carboxylic acids is 1. The summed E-state index contributed by atoms with van der Waals surface area (Å²) in [6, 6.07) is 12.5. The lowest BCUT2D eigenvalue weighted by atomic mass is 10.0. The summed E-state index contributed by atoms with van der Waals surface area (Å²) in [5.74, 6) is -0.115. The first-order chi connectivity index (χ1) is 13.0. The van der Waals surface area contributed by atoms with Crippen LogP contribution in [0.5, 0.6) is 0 Å². The van der Waals surface area contributed by atoms with E-state index in [1.54, 1.807) is 12.1 Å². The third kappa shape index (κ3) is 4.45. The van der Waals surface area contributed by atoms with Crippen LogP contribution in [0.3, 0.4) is 0 Å². The van der Waals surface area contributed by atoms with Crippen molar-refractivity contribution >= 4 is 17.3 Å². The van der Waals surface area contributed by atoms with Crippen LogP contribution in [0.4, 0.5) is 11.4 Å². The molecule has 0 radical (unpaired) electrons. The smallest absolute Gasteiger partial charge is 0.338 e. The van der Waals surface area contributed by atoms with Crippen LogP contribution < -0.4 is 4.90 Å². The highest BCUT2D eigenvalue weighted by Gasteiger charge is 2.24. The van der Waals surface area contributed by atoms with E-state index in [0.29, 0.717) is 11.6 Å². The van der Waals surface area contributed by atoms with Crippen molar-refractivity contribution in [2.24, 2.45) is 0 Å². The fraction of sp³-hybridized carbons (Fsp3) is 0.381. The predicted octanol–water partition coefficient (Wildman–Crippen LogP) is 4.68. The average molecular weight is 368 g/mol. The molecule has 0 saturated carbocycles. The fourth-order valence-electron chi connectivity index (χ4n) is 3.25. The number of nitro groups is 1. The molecule has 0 atom stereocenters. The highest BCUT2D eigenvalue weighted by molar-refractivity contribution is 5.91. The number of nitrogens with zero attached hydrogens (tertiary/aromatic N) is 2. The molecule has 1 aliphatic rings. The van der Waals surface area contributed by atoms with Gasteiger partial charge in [-0.3, -0.25) is 10.1 Å². The van der Waals surface area contributed by atoms with Gasteiger partial charge in [-0.15, -0.1) is 0 Å². The Morgan fingerprint density at radius 3 is 2.41 bits per heavy atom. The second-order valence-corrected chi connectivity index (χ2v) is 7.13. The van der Waals surface area contributed by atoms with Crippen LogP contribution in [0.15, 0.2) is 42.5 Å². The average Bonchev–Trinajstić information content (AvgIpc) is 3.20. The van der Waals surface area contributed by atoms with Crippen LogP contribution in [0, 0.1) is 10.1 Å². The van der Waals surface area contributed by atoms with Gasteiger partial charge in [-0.2, -0.15) is 0 Å². The molecule has 0 spiro atoms. The molecule has 3 rings (SSSR count). The van der Waals surface area contributed by atoms with E-state index in [1.807, 2.05) is 29.2 Å². The Kier molecular flexibility index (Phi) is 5.74. The van der Waals surface area contributed by atoms with Gasteiger partial charge in [0.25, 0.3) is 5.69 Å². The van der Waals surface area contributed by atoms with Gasteiger partial charge < -0.3 is 9.64 Å². The standard InChI is InChI=1S/C21H24N2O4/c1-15(2)17-7-5-16(6-8-17)14-27-21(24)18-9-10-19(20(13-18)23(25)26)22-11-3-4-12-22/h5-10,13,15H,3-4,11-12,14H2,1-2H3. The van der Waals surface area contributed by atoms with Gasteiger partial charge in [0.15, 0.2) is 0 Å². The Balaban J connectivity index is 1.70. The van der Waals surface area contributed by atoms with E-state index in [-0.39, 0.29) is 17.9 Å². The molecule has 27 heavy (non-hydrogen) atoms. The first kappa shape index (κ1) is 18.9. The summed E-state index contributed by atoms with van der Waals surface area (Å²) < 4.78 is 5.34. The molecule has 2 aromatic rings.